The summed E-state index contributed by atoms with van der Waals surface area (Å²) in [7, 11) is 0. The van der Waals surface area contributed by atoms with E-state index in [1.54, 1.807) is 0 Å². The van der Waals surface area contributed by atoms with Gasteiger partial charge in [-0.2, -0.15) is 0 Å². The van der Waals surface area contributed by atoms with E-state index in [0.29, 0.717) is 0 Å². The summed E-state index contributed by atoms with van der Waals surface area (Å²) in [6.45, 7) is 3.33. The molecule has 2 nitrogen and oxygen atoms in total. The summed E-state index contributed by atoms with van der Waals surface area (Å²) < 4.78 is 0. The van der Waals surface area contributed by atoms with E-state index in [9.17, 15) is 5.11 Å². The lowest BCUT2D eigenvalue weighted by Crippen LogP contribution is -2.31. The Morgan fingerprint density at radius 1 is 0.833 bits per heavy atom. The molecule has 2 aromatic carbocycles. The SMILES string of the molecule is CC(O)N(Cc1ccccc1)Cc1ccccc1. The van der Waals surface area contributed by atoms with Crippen molar-refractivity contribution in [1.29, 1.82) is 0 Å². The van der Waals surface area contributed by atoms with Crippen LogP contribution >= 0.6 is 0 Å². The molecule has 0 aliphatic carbocycles. The molecule has 0 aliphatic rings. The van der Waals surface area contributed by atoms with E-state index in [-0.39, 0.29) is 0 Å². The highest BCUT2D eigenvalue weighted by Crippen LogP contribution is 2.11. The lowest BCUT2D eigenvalue weighted by Gasteiger charge is -2.25. The maximum absolute atomic E-state index is 9.86. The van der Waals surface area contributed by atoms with Crippen molar-refractivity contribution in [1.82, 2.24) is 4.90 Å². The van der Waals surface area contributed by atoms with Crippen LogP contribution in [0.4, 0.5) is 0 Å². The molecule has 18 heavy (non-hydrogen) atoms. The summed E-state index contributed by atoms with van der Waals surface area (Å²) in [5.74, 6) is 0. The first-order valence-corrected chi connectivity index (χ1v) is 6.25. The minimum atomic E-state index is -0.453. The molecule has 0 spiro atoms. The predicted octanol–water partition coefficient (Wildman–Crippen LogP) is 3.03. The molecule has 0 radical (unpaired) electrons. The van der Waals surface area contributed by atoms with Crippen LogP contribution in [0.5, 0.6) is 0 Å². The first kappa shape index (κ1) is 12.8. The van der Waals surface area contributed by atoms with Crippen molar-refractivity contribution in [3.8, 4) is 0 Å². The summed E-state index contributed by atoms with van der Waals surface area (Å²) in [4.78, 5) is 2.05. The van der Waals surface area contributed by atoms with E-state index in [1.807, 2.05) is 48.2 Å². The lowest BCUT2D eigenvalue weighted by atomic mass is 10.1. The Hall–Kier alpha value is -1.64. The first-order valence-electron chi connectivity index (χ1n) is 6.25. The van der Waals surface area contributed by atoms with Crippen LogP contribution in [0.3, 0.4) is 0 Å². The van der Waals surface area contributed by atoms with Crippen molar-refractivity contribution in [2.45, 2.75) is 26.2 Å². The average Bonchev–Trinajstić information content (AvgIpc) is 2.40. The molecule has 2 rings (SSSR count). The van der Waals surface area contributed by atoms with Gasteiger partial charge in [-0.3, -0.25) is 4.90 Å². The molecule has 2 aromatic rings. The fourth-order valence-electron chi connectivity index (χ4n) is 1.96. The molecule has 0 aromatic heterocycles. The van der Waals surface area contributed by atoms with Gasteiger partial charge < -0.3 is 5.11 Å². The molecule has 1 N–H and O–H groups in total. The maximum Gasteiger partial charge on any atom is 0.105 e. The highest BCUT2D eigenvalue weighted by Gasteiger charge is 2.11. The van der Waals surface area contributed by atoms with Crippen molar-refractivity contribution < 1.29 is 5.11 Å². The topological polar surface area (TPSA) is 23.5 Å². The molecular formula is C16H19NO. The van der Waals surface area contributed by atoms with E-state index in [4.69, 9.17) is 0 Å². The molecule has 0 saturated heterocycles. The second-order valence-corrected chi connectivity index (χ2v) is 4.51. The van der Waals surface area contributed by atoms with Crippen molar-refractivity contribution >= 4 is 0 Å². The van der Waals surface area contributed by atoms with Gasteiger partial charge in [0.25, 0.3) is 0 Å². The fourth-order valence-corrected chi connectivity index (χ4v) is 1.96. The van der Waals surface area contributed by atoms with Crippen LogP contribution in [0.1, 0.15) is 18.1 Å². The highest BCUT2D eigenvalue weighted by atomic mass is 16.3. The molecule has 0 amide bonds. The number of hydrogen-bond donors (Lipinski definition) is 1. The molecule has 0 bridgehead atoms. The van der Waals surface area contributed by atoms with E-state index >= 15 is 0 Å². The molecule has 2 heteroatoms. The molecular weight excluding hydrogens is 222 g/mol. The quantitative estimate of drug-likeness (QED) is 0.813. The maximum atomic E-state index is 9.86. The zero-order valence-electron chi connectivity index (χ0n) is 10.7. The van der Waals surface area contributed by atoms with Gasteiger partial charge in [0.15, 0.2) is 0 Å². The molecule has 0 heterocycles. The Bertz CT molecular complexity index is 412. The Balaban J connectivity index is 2.05. The van der Waals surface area contributed by atoms with Crippen molar-refractivity contribution in [3.63, 3.8) is 0 Å². The Kier molecular flexibility index (Phi) is 4.51. The summed E-state index contributed by atoms with van der Waals surface area (Å²) in [5.41, 5.74) is 2.43. The molecule has 0 fully saturated rings. The van der Waals surface area contributed by atoms with Gasteiger partial charge in [-0.05, 0) is 18.1 Å². The fraction of sp³-hybridized carbons (Fsp3) is 0.250. The van der Waals surface area contributed by atoms with Crippen LogP contribution < -0.4 is 0 Å². The first-order chi connectivity index (χ1) is 8.75. The number of aliphatic hydroxyl groups excluding tert-OH is 1. The number of benzene rings is 2. The van der Waals surface area contributed by atoms with E-state index in [2.05, 4.69) is 24.3 Å². The summed E-state index contributed by atoms with van der Waals surface area (Å²) >= 11 is 0. The van der Waals surface area contributed by atoms with Crippen molar-refractivity contribution in [2.24, 2.45) is 0 Å². The van der Waals surface area contributed by atoms with Gasteiger partial charge in [0, 0.05) is 13.1 Å². The highest BCUT2D eigenvalue weighted by molar-refractivity contribution is 5.17. The van der Waals surface area contributed by atoms with Gasteiger partial charge in [-0.25, -0.2) is 0 Å². The van der Waals surface area contributed by atoms with Crippen molar-refractivity contribution in [2.75, 3.05) is 0 Å². The van der Waals surface area contributed by atoms with E-state index < -0.39 is 6.23 Å². The van der Waals surface area contributed by atoms with Gasteiger partial charge in [0.05, 0.1) is 0 Å². The number of rotatable bonds is 5. The molecule has 0 aliphatic heterocycles. The van der Waals surface area contributed by atoms with Crippen LogP contribution in [0, 0.1) is 0 Å². The van der Waals surface area contributed by atoms with Gasteiger partial charge >= 0.3 is 0 Å². The second-order valence-electron chi connectivity index (χ2n) is 4.51. The lowest BCUT2D eigenvalue weighted by molar-refractivity contribution is 0.00647. The Morgan fingerprint density at radius 2 is 1.22 bits per heavy atom. The molecule has 0 saturated carbocycles. The summed E-state index contributed by atoms with van der Waals surface area (Å²) in [6, 6.07) is 20.5. The molecule has 1 unspecified atom stereocenters. The van der Waals surface area contributed by atoms with Crippen LogP contribution in [-0.4, -0.2) is 16.2 Å². The number of aliphatic hydroxyl groups is 1. The largest absolute Gasteiger partial charge is 0.379 e. The second kappa shape index (κ2) is 6.34. The van der Waals surface area contributed by atoms with Gasteiger partial charge in [0.2, 0.25) is 0 Å². The van der Waals surface area contributed by atoms with Gasteiger partial charge in [0.1, 0.15) is 6.23 Å². The summed E-state index contributed by atoms with van der Waals surface area (Å²) in [6.07, 6.45) is -0.453. The minimum absolute atomic E-state index is 0.453. The average molecular weight is 241 g/mol. The standard InChI is InChI=1S/C16H19NO/c1-14(18)17(12-15-8-4-2-5-9-15)13-16-10-6-3-7-11-16/h2-11,14,18H,12-13H2,1H3. The molecule has 1 atom stereocenters. The third-order valence-corrected chi connectivity index (χ3v) is 2.99. The Morgan fingerprint density at radius 3 is 1.56 bits per heavy atom. The van der Waals surface area contributed by atoms with E-state index in [1.165, 1.54) is 11.1 Å². The molecule has 94 valence electrons. The zero-order valence-corrected chi connectivity index (χ0v) is 10.7. The minimum Gasteiger partial charge on any atom is -0.379 e. The number of hydrogen-bond acceptors (Lipinski definition) is 2. The van der Waals surface area contributed by atoms with Crippen LogP contribution in [-0.2, 0) is 13.1 Å². The summed E-state index contributed by atoms with van der Waals surface area (Å²) in [5, 5.41) is 9.86. The normalized spacial score (nSPS) is 12.6. The predicted molar refractivity (Wildman–Crippen MR) is 73.8 cm³/mol. The smallest absolute Gasteiger partial charge is 0.105 e. The van der Waals surface area contributed by atoms with E-state index in [0.717, 1.165) is 13.1 Å². The zero-order chi connectivity index (χ0) is 12.8. The van der Waals surface area contributed by atoms with Crippen LogP contribution in [0.2, 0.25) is 0 Å². The van der Waals surface area contributed by atoms with Crippen LogP contribution in [0.15, 0.2) is 60.7 Å². The monoisotopic (exact) mass is 241 g/mol. The third-order valence-electron chi connectivity index (χ3n) is 2.99. The number of nitrogens with zero attached hydrogens (tertiary/aromatic N) is 1. The Labute approximate surface area is 109 Å². The van der Waals surface area contributed by atoms with Crippen molar-refractivity contribution in [3.05, 3.63) is 71.8 Å². The van der Waals surface area contributed by atoms with Crippen LogP contribution in [0.25, 0.3) is 0 Å². The van der Waals surface area contributed by atoms with Gasteiger partial charge in [-0.1, -0.05) is 60.7 Å². The third kappa shape index (κ3) is 3.69. The van der Waals surface area contributed by atoms with Gasteiger partial charge in [-0.15, -0.1) is 0 Å².